The molecule has 8 aromatic carbocycles. The van der Waals surface area contributed by atoms with Gasteiger partial charge in [-0.2, -0.15) is 0 Å². The first kappa shape index (κ1) is 32.2. The number of fused-ring (bicyclic) bond motifs is 6. The van der Waals surface area contributed by atoms with Crippen molar-refractivity contribution in [1.29, 1.82) is 0 Å². The van der Waals surface area contributed by atoms with E-state index < -0.39 is 0 Å². The maximum absolute atomic E-state index is 6.49. The Morgan fingerprint density at radius 3 is 1.57 bits per heavy atom. The molecule has 0 aliphatic rings. The van der Waals surface area contributed by atoms with E-state index in [-0.39, 0.29) is 0 Å². The molecule has 0 radical (unpaired) electrons. The third kappa shape index (κ3) is 5.65. The Balaban J connectivity index is 0.970. The fourth-order valence-corrected chi connectivity index (χ4v) is 8.99. The zero-order valence-corrected chi connectivity index (χ0v) is 30.9. The molecule has 262 valence electrons. The summed E-state index contributed by atoms with van der Waals surface area (Å²) in [4.78, 5) is 15.0. The molecular formula is C51H31N3OS. The van der Waals surface area contributed by atoms with Crippen LogP contribution in [0.3, 0.4) is 0 Å². The molecule has 0 saturated heterocycles. The molecule has 56 heavy (non-hydrogen) atoms. The standard InChI is InChI=1S/C51H31N3OS/c1-4-11-32(12-5-1)33-19-21-36(22-20-33)50-52-49(35-15-8-3-9-16-35)53-51(54-50)39-25-28-45-44(29-39)41-26-23-37(30-46(41)55-45)38-24-27-42-43-18-10-17-40(34-13-6-2-7-14-34)48(43)56-47(42)31-38/h1-31H. The molecule has 0 saturated carbocycles. The molecule has 0 amide bonds. The van der Waals surface area contributed by atoms with Crippen LogP contribution in [0, 0.1) is 0 Å². The summed E-state index contributed by atoms with van der Waals surface area (Å²) in [7, 11) is 0. The van der Waals surface area contributed by atoms with Crippen LogP contribution in [-0.2, 0) is 0 Å². The number of hydrogen-bond donors (Lipinski definition) is 0. The zero-order valence-electron chi connectivity index (χ0n) is 30.1. The van der Waals surface area contributed by atoms with Gasteiger partial charge in [0.15, 0.2) is 17.5 Å². The van der Waals surface area contributed by atoms with Crippen molar-refractivity contribution in [3.63, 3.8) is 0 Å². The smallest absolute Gasteiger partial charge is 0.164 e. The summed E-state index contributed by atoms with van der Waals surface area (Å²) in [5.74, 6) is 1.87. The number of thiophene rings is 1. The second-order valence-electron chi connectivity index (χ2n) is 14.0. The molecular weight excluding hydrogens is 703 g/mol. The largest absolute Gasteiger partial charge is 0.456 e. The molecule has 0 spiro atoms. The highest BCUT2D eigenvalue weighted by atomic mass is 32.1. The van der Waals surface area contributed by atoms with Crippen molar-refractivity contribution in [3.8, 4) is 67.5 Å². The van der Waals surface area contributed by atoms with Crippen LogP contribution in [0.1, 0.15) is 0 Å². The van der Waals surface area contributed by atoms with Crippen LogP contribution in [-0.4, -0.2) is 15.0 Å². The van der Waals surface area contributed by atoms with Crippen molar-refractivity contribution in [2.24, 2.45) is 0 Å². The van der Waals surface area contributed by atoms with E-state index in [0.717, 1.165) is 55.3 Å². The van der Waals surface area contributed by atoms with Gasteiger partial charge in [0.2, 0.25) is 0 Å². The van der Waals surface area contributed by atoms with Gasteiger partial charge in [-0.1, -0.05) is 152 Å². The Hall–Kier alpha value is -7.21. The minimum absolute atomic E-state index is 0.612. The van der Waals surface area contributed by atoms with Crippen LogP contribution in [0.5, 0.6) is 0 Å². The van der Waals surface area contributed by atoms with Gasteiger partial charge in [0.05, 0.1) is 0 Å². The van der Waals surface area contributed by atoms with Gasteiger partial charge in [0.25, 0.3) is 0 Å². The van der Waals surface area contributed by atoms with Crippen LogP contribution in [0.2, 0.25) is 0 Å². The van der Waals surface area contributed by atoms with E-state index in [1.165, 1.54) is 36.9 Å². The summed E-state index contributed by atoms with van der Waals surface area (Å²) in [6.07, 6.45) is 0. The van der Waals surface area contributed by atoms with Gasteiger partial charge in [-0.25, -0.2) is 15.0 Å². The van der Waals surface area contributed by atoms with Gasteiger partial charge in [0.1, 0.15) is 11.2 Å². The maximum Gasteiger partial charge on any atom is 0.164 e. The van der Waals surface area contributed by atoms with Crippen molar-refractivity contribution in [2.75, 3.05) is 0 Å². The first-order chi connectivity index (χ1) is 27.7. The van der Waals surface area contributed by atoms with Crippen molar-refractivity contribution in [1.82, 2.24) is 15.0 Å². The minimum atomic E-state index is 0.612. The topological polar surface area (TPSA) is 51.8 Å². The number of furan rings is 1. The van der Waals surface area contributed by atoms with E-state index in [2.05, 4.69) is 140 Å². The van der Waals surface area contributed by atoms with Gasteiger partial charge in [0, 0.05) is 47.6 Å². The molecule has 0 aliphatic heterocycles. The monoisotopic (exact) mass is 733 g/mol. The predicted molar refractivity (Wildman–Crippen MR) is 233 cm³/mol. The third-order valence-electron chi connectivity index (χ3n) is 10.6. The van der Waals surface area contributed by atoms with E-state index in [1.807, 2.05) is 59.9 Å². The second kappa shape index (κ2) is 13.3. The summed E-state index contributed by atoms with van der Waals surface area (Å²) < 4.78 is 9.08. The van der Waals surface area contributed by atoms with Crippen molar-refractivity contribution < 1.29 is 4.42 Å². The lowest BCUT2D eigenvalue weighted by atomic mass is 10.00. The number of aromatic nitrogens is 3. The van der Waals surface area contributed by atoms with Gasteiger partial charge < -0.3 is 4.42 Å². The molecule has 5 heteroatoms. The lowest BCUT2D eigenvalue weighted by Gasteiger charge is -2.09. The molecule has 11 aromatic rings. The Labute approximate surface area is 327 Å². The molecule has 3 heterocycles. The number of nitrogens with zero attached hydrogens (tertiary/aromatic N) is 3. The van der Waals surface area contributed by atoms with Crippen molar-refractivity contribution in [3.05, 3.63) is 188 Å². The SMILES string of the molecule is c1ccc(-c2ccc(-c3nc(-c4ccccc4)nc(-c4ccc5oc6cc(-c7ccc8c(c7)sc7c(-c9ccccc9)cccc78)ccc6c5c4)n3)cc2)cc1. The van der Waals surface area contributed by atoms with E-state index in [0.29, 0.717) is 17.5 Å². The van der Waals surface area contributed by atoms with E-state index >= 15 is 0 Å². The Morgan fingerprint density at radius 2 is 0.857 bits per heavy atom. The lowest BCUT2D eigenvalue weighted by molar-refractivity contribution is 0.669. The molecule has 3 aromatic heterocycles. The average molecular weight is 734 g/mol. The normalized spacial score (nSPS) is 11.6. The molecule has 0 unspecified atom stereocenters. The molecule has 0 atom stereocenters. The molecule has 0 aliphatic carbocycles. The van der Waals surface area contributed by atoms with Crippen molar-refractivity contribution >= 4 is 53.4 Å². The van der Waals surface area contributed by atoms with Gasteiger partial charge in [-0.3, -0.25) is 0 Å². The third-order valence-corrected chi connectivity index (χ3v) is 11.8. The van der Waals surface area contributed by atoms with Crippen LogP contribution < -0.4 is 0 Å². The summed E-state index contributed by atoms with van der Waals surface area (Å²) in [6.45, 7) is 0. The number of rotatable bonds is 6. The molecule has 0 bridgehead atoms. The lowest BCUT2D eigenvalue weighted by Crippen LogP contribution is -2.00. The molecule has 0 fully saturated rings. The van der Waals surface area contributed by atoms with E-state index in [1.54, 1.807) is 0 Å². The summed E-state index contributed by atoms with van der Waals surface area (Å²) in [6, 6.07) is 65.7. The van der Waals surface area contributed by atoms with E-state index in [4.69, 9.17) is 19.4 Å². The van der Waals surface area contributed by atoms with Crippen LogP contribution in [0.4, 0.5) is 0 Å². The maximum atomic E-state index is 6.49. The summed E-state index contributed by atoms with van der Waals surface area (Å²) in [5.41, 5.74) is 11.5. The fourth-order valence-electron chi connectivity index (χ4n) is 7.71. The fraction of sp³-hybridized carbons (Fsp3) is 0. The molecule has 0 N–H and O–H groups in total. The first-order valence-electron chi connectivity index (χ1n) is 18.7. The van der Waals surface area contributed by atoms with Gasteiger partial charge in [-0.15, -0.1) is 11.3 Å². The number of hydrogen-bond acceptors (Lipinski definition) is 5. The Kier molecular flexibility index (Phi) is 7.64. The minimum Gasteiger partial charge on any atom is -0.456 e. The highest BCUT2D eigenvalue weighted by molar-refractivity contribution is 7.26. The van der Waals surface area contributed by atoms with Crippen LogP contribution in [0.15, 0.2) is 192 Å². The molecule has 11 rings (SSSR count). The molecule has 4 nitrogen and oxygen atoms in total. The predicted octanol–water partition coefficient (Wildman–Crippen LogP) is 14.1. The first-order valence-corrected chi connectivity index (χ1v) is 19.5. The van der Waals surface area contributed by atoms with Gasteiger partial charge >= 0.3 is 0 Å². The quantitative estimate of drug-likeness (QED) is 0.171. The number of benzene rings is 8. The average Bonchev–Trinajstić information content (AvgIpc) is 3.84. The summed E-state index contributed by atoms with van der Waals surface area (Å²) >= 11 is 1.86. The van der Waals surface area contributed by atoms with Crippen LogP contribution in [0.25, 0.3) is 110 Å². The summed E-state index contributed by atoms with van der Waals surface area (Å²) in [5, 5.41) is 4.65. The zero-order chi connectivity index (χ0) is 37.0. The van der Waals surface area contributed by atoms with Gasteiger partial charge in [-0.05, 0) is 69.8 Å². The van der Waals surface area contributed by atoms with E-state index in [9.17, 15) is 0 Å². The van der Waals surface area contributed by atoms with Crippen LogP contribution >= 0.6 is 11.3 Å². The second-order valence-corrected chi connectivity index (χ2v) is 15.1. The van der Waals surface area contributed by atoms with Crippen molar-refractivity contribution in [2.45, 2.75) is 0 Å². The Morgan fingerprint density at radius 1 is 0.321 bits per heavy atom. The Bertz CT molecular complexity index is 3230. The highest BCUT2D eigenvalue weighted by Crippen LogP contribution is 2.42. The highest BCUT2D eigenvalue weighted by Gasteiger charge is 2.16.